The molecule has 100 valence electrons. The van der Waals surface area contributed by atoms with Gasteiger partial charge in [0.2, 0.25) is 0 Å². The third-order valence-corrected chi connectivity index (χ3v) is 2.78. The Morgan fingerprint density at radius 2 is 2.05 bits per heavy atom. The van der Waals surface area contributed by atoms with Crippen LogP contribution in [0.3, 0.4) is 0 Å². The van der Waals surface area contributed by atoms with Crippen molar-refractivity contribution in [1.29, 1.82) is 0 Å². The Bertz CT molecular complexity index is 675. The molecule has 0 fully saturated rings. The van der Waals surface area contributed by atoms with Crippen LogP contribution in [0, 0.1) is 11.8 Å². The van der Waals surface area contributed by atoms with Gasteiger partial charge in [-0.25, -0.2) is 0 Å². The number of benzene rings is 1. The molecule has 2 aromatic rings. The van der Waals surface area contributed by atoms with E-state index in [0.717, 1.165) is 0 Å². The van der Waals surface area contributed by atoms with E-state index in [1.54, 1.807) is 42.7 Å². The second-order valence-corrected chi connectivity index (χ2v) is 4.25. The number of nitrogens with one attached hydrogen (secondary N) is 1. The number of rotatable bonds is 2. The average Bonchev–Trinajstić information content (AvgIpc) is 2.47. The van der Waals surface area contributed by atoms with Crippen LogP contribution >= 0.6 is 11.6 Å². The Hall–Kier alpha value is -2.35. The van der Waals surface area contributed by atoms with E-state index in [0.29, 0.717) is 21.8 Å². The Balaban J connectivity index is 2.17. The standard InChI is InChI=1S/C15H11ClN2O2/c16-14-10-12(4-3-11(14)2-1-9-19)15(20)18-13-5-7-17-8-6-13/h3-8,10,19H,9H2,(H,17,18,20). The molecule has 0 atom stereocenters. The Kier molecular flexibility index (Phi) is 4.72. The Morgan fingerprint density at radius 3 is 2.70 bits per heavy atom. The van der Waals surface area contributed by atoms with Gasteiger partial charge in [-0.3, -0.25) is 9.78 Å². The SMILES string of the molecule is O=C(Nc1ccncc1)c1ccc(C#CCO)c(Cl)c1. The number of pyridine rings is 1. The van der Waals surface area contributed by atoms with Crippen LogP contribution in [0.2, 0.25) is 5.02 Å². The van der Waals surface area contributed by atoms with Gasteiger partial charge in [-0.15, -0.1) is 0 Å². The first-order valence-electron chi connectivity index (χ1n) is 5.81. The molecule has 1 heterocycles. The van der Waals surface area contributed by atoms with Crippen LogP contribution in [0.1, 0.15) is 15.9 Å². The number of hydrogen-bond donors (Lipinski definition) is 2. The van der Waals surface area contributed by atoms with Gasteiger partial charge in [-0.1, -0.05) is 23.4 Å². The molecule has 1 aromatic heterocycles. The van der Waals surface area contributed by atoms with Crippen molar-refractivity contribution < 1.29 is 9.90 Å². The van der Waals surface area contributed by atoms with Crippen molar-refractivity contribution in [3.8, 4) is 11.8 Å². The number of hydrogen-bond acceptors (Lipinski definition) is 3. The maximum Gasteiger partial charge on any atom is 0.255 e. The van der Waals surface area contributed by atoms with Crippen molar-refractivity contribution in [2.75, 3.05) is 11.9 Å². The van der Waals surface area contributed by atoms with E-state index in [9.17, 15) is 4.79 Å². The first kappa shape index (κ1) is 14.1. The summed E-state index contributed by atoms with van der Waals surface area (Å²) in [5, 5.41) is 11.7. The predicted octanol–water partition coefficient (Wildman–Crippen LogP) is 2.33. The van der Waals surface area contributed by atoms with Crippen LogP contribution in [-0.4, -0.2) is 22.6 Å². The molecule has 0 aliphatic heterocycles. The van der Waals surface area contributed by atoms with Gasteiger partial charge in [0, 0.05) is 29.2 Å². The summed E-state index contributed by atoms with van der Waals surface area (Å²) in [6.45, 7) is -0.236. The van der Waals surface area contributed by atoms with Crippen LogP contribution in [-0.2, 0) is 0 Å². The fourth-order valence-electron chi connectivity index (χ4n) is 1.53. The highest BCUT2D eigenvalue weighted by atomic mass is 35.5. The largest absolute Gasteiger partial charge is 0.384 e. The van der Waals surface area contributed by atoms with Crippen LogP contribution in [0.4, 0.5) is 5.69 Å². The normalized spacial score (nSPS) is 9.50. The smallest absolute Gasteiger partial charge is 0.255 e. The molecule has 0 aliphatic rings. The second kappa shape index (κ2) is 6.71. The van der Waals surface area contributed by atoms with Gasteiger partial charge in [-0.05, 0) is 30.3 Å². The highest BCUT2D eigenvalue weighted by Gasteiger charge is 2.08. The zero-order valence-electron chi connectivity index (χ0n) is 10.4. The molecule has 2 rings (SSSR count). The minimum absolute atomic E-state index is 0.236. The summed E-state index contributed by atoms with van der Waals surface area (Å²) in [4.78, 5) is 15.9. The number of halogens is 1. The van der Waals surface area contributed by atoms with Gasteiger partial charge in [0.1, 0.15) is 6.61 Å². The van der Waals surface area contributed by atoms with Gasteiger partial charge in [0.25, 0.3) is 5.91 Å². The van der Waals surface area contributed by atoms with Gasteiger partial charge < -0.3 is 10.4 Å². The van der Waals surface area contributed by atoms with E-state index < -0.39 is 0 Å². The highest BCUT2D eigenvalue weighted by Crippen LogP contribution is 2.18. The number of amides is 1. The molecule has 2 N–H and O–H groups in total. The van der Waals surface area contributed by atoms with E-state index in [1.165, 1.54) is 0 Å². The molecule has 0 unspecified atom stereocenters. The van der Waals surface area contributed by atoms with E-state index in [1.807, 2.05) is 0 Å². The van der Waals surface area contributed by atoms with Gasteiger partial charge in [-0.2, -0.15) is 0 Å². The van der Waals surface area contributed by atoms with Crippen molar-refractivity contribution >= 4 is 23.2 Å². The minimum atomic E-state index is -0.264. The Labute approximate surface area is 121 Å². The van der Waals surface area contributed by atoms with E-state index in [-0.39, 0.29) is 12.5 Å². The lowest BCUT2D eigenvalue weighted by Gasteiger charge is -2.05. The van der Waals surface area contributed by atoms with Crippen LogP contribution in [0.15, 0.2) is 42.7 Å². The van der Waals surface area contributed by atoms with Gasteiger partial charge in [0.15, 0.2) is 0 Å². The number of carbonyl (C=O) groups is 1. The highest BCUT2D eigenvalue weighted by molar-refractivity contribution is 6.32. The molecular formula is C15H11ClN2O2. The minimum Gasteiger partial charge on any atom is -0.384 e. The lowest BCUT2D eigenvalue weighted by Crippen LogP contribution is -2.11. The van der Waals surface area contributed by atoms with Crippen molar-refractivity contribution in [1.82, 2.24) is 4.98 Å². The van der Waals surface area contributed by atoms with Crippen molar-refractivity contribution in [2.24, 2.45) is 0 Å². The molecule has 0 aliphatic carbocycles. The fraction of sp³-hybridized carbons (Fsp3) is 0.0667. The number of aliphatic hydroxyl groups excluding tert-OH is 1. The number of anilines is 1. The zero-order valence-corrected chi connectivity index (χ0v) is 11.2. The average molecular weight is 287 g/mol. The summed E-state index contributed by atoms with van der Waals surface area (Å²) in [5.74, 6) is 4.95. The summed E-state index contributed by atoms with van der Waals surface area (Å²) < 4.78 is 0. The third kappa shape index (κ3) is 3.58. The molecule has 0 spiro atoms. The number of aromatic nitrogens is 1. The van der Waals surface area contributed by atoms with Gasteiger partial charge >= 0.3 is 0 Å². The maximum absolute atomic E-state index is 12.0. The van der Waals surface area contributed by atoms with Crippen molar-refractivity contribution in [3.63, 3.8) is 0 Å². The second-order valence-electron chi connectivity index (χ2n) is 3.84. The van der Waals surface area contributed by atoms with Crippen molar-refractivity contribution in [3.05, 3.63) is 58.9 Å². The summed E-state index contributed by atoms with van der Waals surface area (Å²) in [6.07, 6.45) is 3.19. The molecule has 20 heavy (non-hydrogen) atoms. The Morgan fingerprint density at radius 1 is 1.30 bits per heavy atom. The zero-order chi connectivity index (χ0) is 14.4. The summed E-state index contributed by atoms with van der Waals surface area (Å²) in [6, 6.07) is 8.21. The van der Waals surface area contributed by atoms with Gasteiger partial charge in [0.05, 0.1) is 5.02 Å². The molecule has 5 heteroatoms. The molecule has 1 aromatic carbocycles. The van der Waals surface area contributed by atoms with Crippen LogP contribution in [0.5, 0.6) is 0 Å². The topological polar surface area (TPSA) is 62.2 Å². The summed E-state index contributed by atoms with van der Waals surface area (Å²) >= 11 is 6.04. The summed E-state index contributed by atoms with van der Waals surface area (Å²) in [7, 11) is 0. The van der Waals surface area contributed by atoms with Crippen molar-refractivity contribution in [2.45, 2.75) is 0 Å². The van der Waals surface area contributed by atoms with Crippen LogP contribution in [0.25, 0.3) is 0 Å². The molecule has 0 saturated heterocycles. The van der Waals surface area contributed by atoms with E-state index >= 15 is 0 Å². The third-order valence-electron chi connectivity index (χ3n) is 2.47. The lowest BCUT2D eigenvalue weighted by atomic mass is 10.1. The molecule has 0 saturated carbocycles. The number of nitrogens with zero attached hydrogens (tertiary/aromatic N) is 1. The molecule has 4 nitrogen and oxygen atoms in total. The molecule has 1 amide bonds. The summed E-state index contributed by atoms with van der Waals surface area (Å²) in [5.41, 5.74) is 1.66. The monoisotopic (exact) mass is 286 g/mol. The first-order chi connectivity index (χ1) is 9.70. The predicted molar refractivity (Wildman–Crippen MR) is 77.6 cm³/mol. The molecule has 0 radical (unpaired) electrons. The maximum atomic E-state index is 12.0. The van der Waals surface area contributed by atoms with E-state index in [2.05, 4.69) is 22.1 Å². The van der Waals surface area contributed by atoms with E-state index in [4.69, 9.17) is 16.7 Å². The number of aliphatic hydroxyl groups is 1. The van der Waals surface area contributed by atoms with Crippen LogP contribution < -0.4 is 5.32 Å². The lowest BCUT2D eigenvalue weighted by molar-refractivity contribution is 0.102. The number of carbonyl (C=O) groups excluding carboxylic acids is 1. The fourth-order valence-corrected chi connectivity index (χ4v) is 1.76. The molecular weight excluding hydrogens is 276 g/mol. The first-order valence-corrected chi connectivity index (χ1v) is 6.19. The quantitative estimate of drug-likeness (QED) is 0.833. The molecule has 0 bridgehead atoms.